The van der Waals surface area contributed by atoms with Crippen LogP contribution in [0, 0.1) is 6.92 Å². The SMILES string of the molecule is CCn1nc(C(=O)N(CCN(C)C)c2nc3ccc(Cl)cc3s2)cc1C.Cl. The molecule has 146 valence electrons. The fourth-order valence-corrected chi connectivity index (χ4v) is 3.92. The molecule has 2 aromatic heterocycles. The van der Waals surface area contributed by atoms with Gasteiger partial charge in [-0.1, -0.05) is 22.9 Å². The number of hydrogen-bond acceptors (Lipinski definition) is 5. The molecule has 0 fully saturated rings. The second-order valence-electron chi connectivity index (χ2n) is 6.36. The van der Waals surface area contributed by atoms with Crippen molar-refractivity contribution >= 4 is 56.6 Å². The van der Waals surface area contributed by atoms with E-state index in [0.717, 1.165) is 29.0 Å². The quantitative estimate of drug-likeness (QED) is 0.593. The van der Waals surface area contributed by atoms with Crippen molar-refractivity contribution in [2.24, 2.45) is 0 Å². The number of carbonyl (C=O) groups is 1. The number of likely N-dealkylation sites (N-methyl/N-ethyl adjacent to an activating group) is 1. The van der Waals surface area contributed by atoms with Gasteiger partial charge < -0.3 is 4.90 Å². The standard InChI is InChI=1S/C18H22ClN5OS.ClH/c1-5-24-12(2)10-15(21-24)17(25)23(9-8-22(3)4)18-20-14-7-6-13(19)11-16(14)26-18;/h6-7,10-11H,5,8-9H2,1-4H3;1H. The Hall–Kier alpha value is -1.67. The predicted octanol–water partition coefficient (Wildman–Crippen LogP) is 4.10. The van der Waals surface area contributed by atoms with Gasteiger partial charge in [0.1, 0.15) is 0 Å². The van der Waals surface area contributed by atoms with E-state index in [2.05, 4.69) is 10.1 Å². The summed E-state index contributed by atoms with van der Waals surface area (Å²) in [6.07, 6.45) is 0. The maximum atomic E-state index is 13.2. The van der Waals surface area contributed by atoms with Crippen LogP contribution >= 0.6 is 35.3 Å². The Morgan fingerprint density at radius 1 is 1.26 bits per heavy atom. The lowest BCUT2D eigenvalue weighted by molar-refractivity contribution is 0.0979. The Labute approximate surface area is 174 Å². The summed E-state index contributed by atoms with van der Waals surface area (Å²) in [5.74, 6) is -0.132. The molecule has 3 rings (SSSR count). The molecule has 6 nitrogen and oxygen atoms in total. The lowest BCUT2D eigenvalue weighted by Crippen LogP contribution is -2.37. The van der Waals surface area contributed by atoms with Gasteiger partial charge in [-0.3, -0.25) is 14.4 Å². The molecule has 1 amide bonds. The van der Waals surface area contributed by atoms with Crippen molar-refractivity contribution in [3.8, 4) is 0 Å². The normalized spacial score (nSPS) is 11.0. The number of anilines is 1. The molecule has 9 heteroatoms. The molecule has 27 heavy (non-hydrogen) atoms. The van der Waals surface area contributed by atoms with Gasteiger partial charge in [0.25, 0.3) is 5.91 Å². The number of halogens is 2. The first-order chi connectivity index (χ1) is 12.4. The second-order valence-corrected chi connectivity index (χ2v) is 7.80. The first kappa shape index (κ1) is 21.6. The van der Waals surface area contributed by atoms with Gasteiger partial charge in [0, 0.05) is 30.4 Å². The lowest BCUT2D eigenvalue weighted by atomic mass is 10.3. The first-order valence-corrected chi connectivity index (χ1v) is 9.65. The molecular formula is C18H23Cl2N5OS. The zero-order chi connectivity index (χ0) is 18.8. The minimum atomic E-state index is -0.132. The summed E-state index contributed by atoms with van der Waals surface area (Å²) < 4.78 is 2.79. The van der Waals surface area contributed by atoms with Gasteiger partial charge in [-0.05, 0) is 52.2 Å². The second kappa shape index (κ2) is 9.01. The van der Waals surface area contributed by atoms with Crippen LogP contribution in [0.2, 0.25) is 5.02 Å². The van der Waals surface area contributed by atoms with E-state index in [0.29, 0.717) is 22.4 Å². The average Bonchev–Trinajstić information content (AvgIpc) is 3.17. The fourth-order valence-electron chi connectivity index (χ4n) is 2.66. The highest BCUT2D eigenvalue weighted by molar-refractivity contribution is 7.22. The molecule has 1 aromatic carbocycles. The molecule has 0 radical (unpaired) electrons. The topological polar surface area (TPSA) is 54.3 Å². The average molecular weight is 428 g/mol. The van der Waals surface area contributed by atoms with Crippen molar-refractivity contribution in [2.45, 2.75) is 20.4 Å². The Kier molecular flexibility index (Phi) is 7.22. The molecule has 0 bridgehead atoms. The van der Waals surface area contributed by atoms with Crippen LogP contribution in [0.4, 0.5) is 5.13 Å². The van der Waals surface area contributed by atoms with Gasteiger partial charge >= 0.3 is 0 Å². The van der Waals surface area contributed by atoms with Crippen molar-refractivity contribution in [1.29, 1.82) is 0 Å². The number of amides is 1. The van der Waals surface area contributed by atoms with Crippen molar-refractivity contribution < 1.29 is 4.79 Å². The Bertz CT molecular complexity index is 937. The van der Waals surface area contributed by atoms with Crippen LogP contribution < -0.4 is 4.90 Å². The fraction of sp³-hybridized carbons (Fsp3) is 0.389. The van der Waals surface area contributed by atoms with Crippen molar-refractivity contribution in [1.82, 2.24) is 19.7 Å². The number of fused-ring (bicyclic) bond motifs is 1. The summed E-state index contributed by atoms with van der Waals surface area (Å²) in [6.45, 7) is 5.97. The van der Waals surface area contributed by atoms with Gasteiger partial charge in [0.2, 0.25) is 0 Å². The van der Waals surface area contributed by atoms with Crippen molar-refractivity contribution in [2.75, 3.05) is 32.1 Å². The van der Waals surface area contributed by atoms with Crippen LogP contribution in [0.1, 0.15) is 23.1 Å². The van der Waals surface area contributed by atoms with Crippen molar-refractivity contribution in [3.05, 3.63) is 40.7 Å². The van der Waals surface area contributed by atoms with Gasteiger partial charge in [-0.2, -0.15) is 5.10 Å². The van der Waals surface area contributed by atoms with Crippen LogP contribution in [-0.4, -0.2) is 52.8 Å². The Morgan fingerprint density at radius 2 is 2.00 bits per heavy atom. The summed E-state index contributed by atoms with van der Waals surface area (Å²) in [5, 5.41) is 5.77. The molecule has 0 unspecified atom stereocenters. The molecule has 0 atom stereocenters. The van der Waals surface area contributed by atoms with Crippen LogP contribution in [0.5, 0.6) is 0 Å². The van der Waals surface area contributed by atoms with Crippen LogP contribution in [0.25, 0.3) is 10.2 Å². The largest absolute Gasteiger partial charge is 0.308 e. The third-order valence-electron chi connectivity index (χ3n) is 4.09. The zero-order valence-electron chi connectivity index (χ0n) is 15.8. The number of benzene rings is 1. The summed E-state index contributed by atoms with van der Waals surface area (Å²) in [4.78, 5) is 21.5. The third-order valence-corrected chi connectivity index (χ3v) is 5.36. The van der Waals surface area contributed by atoms with E-state index in [9.17, 15) is 4.79 Å². The Morgan fingerprint density at radius 3 is 2.63 bits per heavy atom. The minimum Gasteiger partial charge on any atom is -0.308 e. The summed E-state index contributed by atoms with van der Waals surface area (Å²) in [7, 11) is 3.97. The maximum Gasteiger partial charge on any atom is 0.280 e. The lowest BCUT2D eigenvalue weighted by Gasteiger charge is -2.21. The number of carbonyl (C=O) groups excluding carboxylic acids is 1. The number of rotatable bonds is 6. The van der Waals surface area contributed by atoms with Gasteiger partial charge in [0.15, 0.2) is 10.8 Å². The molecular weight excluding hydrogens is 405 g/mol. The minimum absolute atomic E-state index is 0. The third kappa shape index (κ3) is 4.79. The van der Waals surface area contributed by atoms with E-state index < -0.39 is 0 Å². The van der Waals surface area contributed by atoms with Crippen molar-refractivity contribution in [3.63, 3.8) is 0 Å². The van der Waals surface area contributed by atoms with E-state index in [4.69, 9.17) is 11.6 Å². The summed E-state index contributed by atoms with van der Waals surface area (Å²) in [5.41, 5.74) is 2.26. The maximum absolute atomic E-state index is 13.2. The highest BCUT2D eigenvalue weighted by Gasteiger charge is 2.24. The molecule has 0 aliphatic heterocycles. The number of hydrogen-bond donors (Lipinski definition) is 0. The number of aryl methyl sites for hydroxylation is 2. The van der Waals surface area contributed by atoms with Gasteiger partial charge in [-0.15, -0.1) is 12.4 Å². The Balaban J connectivity index is 0.00000261. The number of nitrogens with zero attached hydrogens (tertiary/aromatic N) is 5. The number of thiazole rings is 1. The van der Waals surface area contributed by atoms with E-state index >= 15 is 0 Å². The monoisotopic (exact) mass is 427 g/mol. The van der Waals surface area contributed by atoms with Crippen LogP contribution in [0.3, 0.4) is 0 Å². The zero-order valence-corrected chi connectivity index (χ0v) is 18.2. The van der Waals surface area contributed by atoms with Crippen LogP contribution in [-0.2, 0) is 6.54 Å². The van der Waals surface area contributed by atoms with E-state index in [1.807, 2.05) is 61.8 Å². The molecule has 0 spiro atoms. The number of aromatic nitrogens is 3. The smallest absolute Gasteiger partial charge is 0.280 e. The molecule has 0 saturated carbocycles. The molecule has 0 N–H and O–H groups in total. The van der Waals surface area contributed by atoms with Gasteiger partial charge in [-0.25, -0.2) is 4.98 Å². The van der Waals surface area contributed by atoms with Crippen LogP contribution in [0.15, 0.2) is 24.3 Å². The molecule has 0 aliphatic rings. The predicted molar refractivity (Wildman–Crippen MR) is 115 cm³/mol. The van der Waals surface area contributed by atoms with Gasteiger partial charge in [0.05, 0.1) is 10.2 Å². The van der Waals surface area contributed by atoms with E-state index in [1.54, 1.807) is 4.90 Å². The first-order valence-electron chi connectivity index (χ1n) is 8.46. The van der Waals surface area contributed by atoms with E-state index in [1.165, 1.54) is 11.3 Å². The highest BCUT2D eigenvalue weighted by atomic mass is 35.5. The molecule has 0 saturated heterocycles. The molecule has 0 aliphatic carbocycles. The highest BCUT2D eigenvalue weighted by Crippen LogP contribution is 2.31. The molecule has 3 aromatic rings. The summed E-state index contributed by atoms with van der Waals surface area (Å²) in [6, 6.07) is 7.40. The molecule has 2 heterocycles. The van der Waals surface area contributed by atoms with E-state index in [-0.39, 0.29) is 18.3 Å². The summed E-state index contributed by atoms with van der Waals surface area (Å²) >= 11 is 7.55.